The zero-order chi connectivity index (χ0) is 21.1. The molecular weight excluding hydrogens is 370 g/mol. The monoisotopic (exact) mass is 395 g/mol. The number of hydrogen-bond acceptors (Lipinski definition) is 2. The molecule has 4 aromatic rings. The molecule has 150 valence electrons. The molecule has 0 saturated heterocycles. The maximum Gasteiger partial charge on any atom is 0.259 e. The van der Waals surface area contributed by atoms with Crippen molar-refractivity contribution in [1.82, 2.24) is 9.78 Å². The van der Waals surface area contributed by atoms with Crippen molar-refractivity contribution in [2.24, 2.45) is 0 Å². The van der Waals surface area contributed by atoms with Crippen LogP contribution in [0.25, 0.3) is 16.9 Å². The van der Waals surface area contributed by atoms with Crippen molar-refractivity contribution < 1.29 is 4.79 Å². The van der Waals surface area contributed by atoms with Crippen molar-refractivity contribution >= 4 is 11.6 Å². The lowest BCUT2D eigenvalue weighted by Gasteiger charge is -2.19. The zero-order valence-electron chi connectivity index (χ0n) is 17.5. The van der Waals surface area contributed by atoms with Crippen LogP contribution in [0.5, 0.6) is 0 Å². The van der Waals surface area contributed by atoms with Gasteiger partial charge in [0.2, 0.25) is 0 Å². The summed E-state index contributed by atoms with van der Waals surface area (Å²) in [6.45, 7) is 6.51. The Balaban J connectivity index is 1.70. The molecule has 0 saturated carbocycles. The van der Waals surface area contributed by atoms with Gasteiger partial charge in [-0.1, -0.05) is 81.4 Å². The molecule has 1 heterocycles. The van der Waals surface area contributed by atoms with Crippen LogP contribution < -0.4 is 5.32 Å². The Hall–Kier alpha value is -3.66. The number of hydrogen-bond donors (Lipinski definition) is 1. The second kappa shape index (κ2) is 7.99. The third-order valence-corrected chi connectivity index (χ3v) is 5.07. The number of nitrogens with zero attached hydrogens (tertiary/aromatic N) is 2. The summed E-state index contributed by atoms with van der Waals surface area (Å²) in [5, 5.41) is 7.55. The molecule has 4 rings (SSSR count). The van der Waals surface area contributed by atoms with Gasteiger partial charge in [0.05, 0.1) is 23.1 Å². The van der Waals surface area contributed by atoms with Gasteiger partial charge in [-0.3, -0.25) is 4.79 Å². The minimum Gasteiger partial charge on any atom is -0.322 e. The Bertz CT molecular complexity index is 1140. The van der Waals surface area contributed by atoms with Crippen molar-refractivity contribution in [2.75, 3.05) is 5.32 Å². The van der Waals surface area contributed by atoms with Crippen LogP contribution in [0.2, 0.25) is 0 Å². The fourth-order valence-electron chi connectivity index (χ4n) is 3.41. The summed E-state index contributed by atoms with van der Waals surface area (Å²) in [6, 6.07) is 27.7. The van der Waals surface area contributed by atoms with Gasteiger partial charge >= 0.3 is 0 Å². The number of aromatic nitrogens is 2. The van der Waals surface area contributed by atoms with E-state index in [1.807, 2.05) is 77.5 Å². The average molecular weight is 396 g/mol. The molecule has 1 N–H and O–H groups in total. The van der Waals surface area contributed by atoms with Crippen LogP contribution in [-0.2, 0) is 5.41 Å². The Morgan fingerprint density at radius 3 is 2.03 bits per heavy atom. The van der Waals surface area contributed by atoms with Crippen LogP contribution in [0.4, 0.5) is 5.69 Å². The summed E-state index contributed by atoms with van der Waals surface area (Å²) in [7, 11) is 0. The van der Waals surface area contributed by atoms with Crippen LogP contribution in [-0.4, -0.2) is 15.7 Å². The van der Waals surface area contributed by atoms with Gasteiger partial charge in [0.15, 0.2) is 0 Å². The molecule has 4 heteroatoms. The summed E-state index contributed by atoms with van der Waals surface area (Å²) in [5.41, 5.74) is 5.20. The number of nitrogens with one attached hydrogen (secondary N) is 1. The number of benzene rings is 3. The molecule has 0 aliphatic rings. The highest BCUT2D eigenvalue weighted by Gasteiger charge is 2.20. The quantitative estimate of drug-likeness (QED) is 0.454. The van der Waals surface area contributed by atoms with Crippen molar-refractivity contribution in [3.8, 4) is 16.9 Å². The normalized spacial score (nSPS) is 11.3. The number of carbonyl (C=O) groups excluding carboxylic acids is 1. The first-order valence-corrected chi connectivity index (χ1v) is 10.0. The lowest BCUT2D eigenvalue weighted by Crippen LogP contribution is -2.14. The van der Waals surface area contributed by atoms with Gasteiger partial charge in [0.1, 0.15) is 0 Å². The SMILES string of the molecule is CC(C)(C)c1ccc(NC(=O)c2cnn(-c3ccccc3)c2-c2ccccc2)cc1. The van der Waals surface area contributed by atoms with Gasteiger partial charge in [-0.15, -0.1) is 0 Å². The van der Waals surface area contributed by atoms with E-state index in [1.54, 1.807) is 6.20 Å². The van der Waals surface area contributed by atoms with Crippen molar-refractivity contribution in [1.29, 1.82) is 0 Å². The Morgan fingerprint density at radius 2 is 1.43 bits per heavy atom. The molecule has 0 radical (unpaired) electrons. The number of anilines is 1. The predicted molar refractivity (Wildman–Crippen MR) is 122 cm³/mol. The van der Waals surface area contributed by atoms with Crippen molar-refractivity contribution in [3.63, 3.8) is 0 Å². The molecule has 1 amide bonds. The van der Waals surface area contributed by atoms with Crippen LogP contribution >= 0.6 is 0 Å². The van der Waals surface area contributed by atoms with Crippen LogP contribution in [0, 0.1) is 0 Å². The van der Waals surface area contributed by atoms with Gasteiger partial charge in [0, 0.05) is 11.3 Å². The number of amides is 1. The van der Waals surface area contributed by atoms with Crippen LogP contribution in [0.3, 0.4) is 0 Å². The third kappa shape index (κ3) is 4.03. The Morgan fingerprint density at radius 1 is 0.833 bits per heavy atom. The molecule has 0 aliphatic heterocycles. The highest BCUT2D eigenvalue weighted by molar-refractivity contribution is 6.08. The lowest BCUT2D eigenvalue weighted by molar-refractivity contribution is 0.102. The smallest absolute Gasteiger partial charge is 0.259 e. The largest absolute Gasteiger partial charge is 0.322 e. The maximum atomic E-state index is 13.2. The first kappa shape index (κ1) is 19.6. The van der Waals surface area contributed by atoms with E-state index in [-0.39, 0.29) is 11.3 Å². The van der Waals surface area contributed by atoms with Crippen LogP contribution in [0.15, 0.2) is 91.1 Å². The van der Waals surface area contributed by atoms with E-state index in [0.29, 0.717) is 5.56 Å². The predicted octanol–water partition coefficient (Wildman–Crippen LogP) is 6.09. The third-order valence-electron chi connectivity index (χ3n) is 5.07. The standard InChI is InChI=1S/C26H25N3O/c1-26(2,3)20-14-16-21(17-15-20)28-25(30)23-18-27-29(22-12-8-5-9-13-22)24(23)19-10-6-4-7-11-19/h4-18H,1-3H3,(H,28,30). The Kier molecular flexibility index (Phi) is 5.23. The van der Waals surface area contributed by atoms with E-state index >= 15 is 0 Å². The van der Waals surface area contributed by atoms with E-state index < -0.39 is 0 Å². The highest BCUT2D eigenvalue weighted by Crippen LogP contribution is 2.28. The average Bonchev–Trinajstić information content (AvgIpc) is 3.20. The molecule has 0 bridgehead atoms. The summed E-state index contributed by atoms with van der Waals surface area (Å²) in [4.78, 5) is 13.2. The van der Waals surface area contributed by atoms with Gasteiger partial charge < -0.3 is 5.32 Å². The van der Waals surface area contributed by atoms with Gasteiger partial charge in [-0.05, 0) is 35.2 Å². The van der Waals surface area contributed by atoms with E-state index in [9.17, 15) is 4.79 Å². The molecule has 30 heavy (non-hydrogen) atoms. The topological polar surface area (TPSA) is 46.9 Å². The number of carbonyl (C=O) groups is 1. The molecule has 0 atom stereocenters. The molecule has 0 aliphatic carbocycles. The zero-order valence-corrected chi connectivity index (χ0v) is 17.5. The number of para-hydroxylation sites is 1. The molecule has 0 unspecified atom stereocenters. The van der Waals surface area contributed by atoms with Gasteiger partial charge in [0.25, 0.3) is 5.91 Å². The minimum absolute atomic E-state index is 0.0693. The fraction of sp³-hybridized carbons (Fsp3) is 0.154. The van der Waals surface area contributed by atoms with Crippen LogP contribution in [0.1, 0.15) is 36.7 Å². The van der Waals surface area contributed by atoms with E-state index in [4.69, 9.17) is 0 Å². The Labute approximate surface area is 177 Å². The molecule has 0 spiro atoms. The number of rotatable bonds is 4. The van der Waals surface area contributed by atoms with Gasteiger partial charge in [-0.2, -0.15) is 5.10 Å². The van der Waals surface area contributed by atoms with E-state index in [1.165, 1.54) is 5.56 Å². The lowest BCUT2D eigenvalue weighted by atomic mass is 9.87. The van der Waals surface area contributed by atoms with E-state index in [2.05, 4.69) is 43.3 Å². The maximum absolute atomic E-state index is 13.2. The molecule has 3 aromatic carbocycles. The van der Waals surface area contributed by atoms with Crippen molar-refractivity contribution in [3.05, 3.63) is 102 Å². The van der Waals surface area contributed by atoms with E-state index in [0.717, 1.165) is 22.6 Å². The fourth-order valence-corrected chi connectivity index (χ4v) is 3.41. The molecular formula is C26H25N3O. The van der Waals surface area contributed by atoms with Gasteiger partial charge in [-0.25, -0.2) is 4.68 Å². The molecule has 0 fully saturated rings. The molecule has 1 aromatic heterocycles. The second-order valence-corrected chi connectivity index (χ2v) is 8.30. The summed E-state index contributed by atoms with van der Waals surface area (Å²) in [5.74, 6) is -0.181. The highest BCUT2D eigenvalue weighted by atomic mass is 16.1. The molecule has 4 nitrogen and oxygen atoms in total. The summed E-state index contributed by atoms with van der Waals surface area (Å²) >= 11 is 0. The van der Waals surface area contributed by atoms with Crippen molar-refractivity contribution in [2.45, 2.75) is 26.2 Å². The first-order valence-electron chi connectivity index (χ1n) is 10.0. The summed E-state index contributed by atoms with van der Waals surface area (Å²) in [6.07, 6.45) is 1.63. The minimum atomic E-state index is -0.181. The second-order valence-electron chi connectivity index (χ2n) is 8.30. The summed E-state index contributed by atoms with van der Waals surface area (Å²) < 4.78 is 1.81. The first-order chi connectivity index (χ1) is 14.4.